The van der Waals surface area contributed by atoms with E-state index < -0.39 is 0 Å². The van der Waals surface area contributed by atoms with Crippen LogP contribution in [0, 0.1) is 18.3 Å². The monoisotopic (exact) mass is 453 g/mol. The summed E-state index contributed by atoms with van der Waals surface area (Å²) in [5.41, 5.74) is 6.20. The molecule has 0 atom stereocenters. The van der Waals surface area contributed by atoms with E-state index >= 15 is 0 Å². The maximum Gasteiger partial charge on any atom is 0.224 e. The van der Waals surface area contributed by atoms with Gasteiger partial charge in [-0.3, -0.25) is 4.79 Å². The summed E-state index contributed by atoms with van der Waals surface area (Å²) in [6.07, 6.45) is 3.34. The fraction of sp³-hybridized carbons (Fsp3) is 0.310. The maximum absolute atomic E-state index is 12.5. The third kappa shape index (κ3) is 6.24. The molecule has 174 valence electrons. The standard InChI is InChI=1S/C29H31N3O2/c1-21-7-10-26(19-28(21)24-13-15-31-16-14-24)32-29(33)6-3-17-34-27-11-8-23(9-12-27)25-5-2-4-22(18-25)20-30/h2,4-5,7-12,18-19,24,31H,3,6,13-17H2,1H3,(H,32,33). The van der Waals surface area contributed by atoms with Gasteiger partial charge in [0.1, 0.15) is 5.75 Å². The zero-order valence-corrected chi connectivity index (χ0v) is 19.6. The summed E-state index contributed by atoms with van der Waals surface area (Å²) in [6, 6.07) is 23.7. The minimum atomic E-state index is 0.0106. The number of nitrogens with zero attached hydrogens (tertiary/aromatic N) is 1. The quantitative estimate of drug-likeness (QED) is 0.423. The van der Waals surface area contributed by atoms with E-state index in [1.807, 2.05) is 48.5 Å². The molecule has 5 nitrogen and oxygen atoms in total. The summed E-state index contributed by atoms with van der Waals surface area (Å²) in [4.78, 5) is 12.5. The number of aryl methyl sites for hydroxylation is 1. The molecule has 5 heteroatoms. The van der Waals surface area contributed by atoms with Gasteiger partial charge in [-0.25, -0.2) is 0 Å². The highest BCUT2D eigenvalue weighted by Crippen LogP contribution is 2.30. The Kier molecular flexibility index (Phi) is 7.95. The van der Waals surface area contributed by atoms with E-state index in [-0.39, 0.29) is 5.91 Å². The molecular weight excluding hydrogens is 422 g/mol. The van der Waals surface area contributed by atoms with E-state index in [1.165, 1.54) is 11.1 Å². The Labute approximate surface area is 201 Å². The summed E-state index contributed by atoms with van der Waals surface area (Å²) in [7, 11) is 0. The Morgan fingerprint density at radius 1 is 1.06 bits per heavy atom. The van der Waals surface area contributed by atoms with Crippen molar-refractivity contribution in [2.24, 2.45) is 0 Å². The Morgan fingerprint density at radius 3 is 2.62 bits per heavy atom. The molecule has 1 fully saturated rings. The normalized spacial score (nSPS) is 13.8. The maximum atomic E-state index is 12.5. The van der Waals surface area contributed by atoms with Crippen LogP contribution in [0.5, 0.6) is 5.75 Å². The number of amides is 1. The van der Waals surface area contributed by atoms with Crippen LogP contribution < -0.4 is 15.4 Å². The molecule has 34 heavy (non-hydrogen) atoms. The van der Waals surface area contributed by atoms with Gasteiger partial charge in [0.15, 0.2) is 0 Å². The van der Waals surface area contributed by atoms with Gasteiger partial charge in [0.2, 0.25) is 5.91 Å². The number of piperidine rings is 1. The van der Waals surface area contributed by atoms with Crippen LogP contribution in [0.1, 0.15) is 48.3 Å². The first kappa shape index (κ1) is 23.5. The smallest absolute Gasteiger partial charge is 0.224 e. The van der Waals surface area contributed by atoms with Crippen molar-refractivity contribution in [1.29, 1.82) is 5.26 Å². The van der Waals surface area contributed by atoms with Crippen LogP contribution in [0.2, 0.25) is 0 Å². The van der Waals surface area contributed by atoms with Gasteiger partial charge >= 0.3 is 0 Å². The van der Waals surface area contributed by atoms with Gasteiger partial charge in [-0.05, 0) is 104 Å². The van der Waals surface area contributed by atoms with Crippen molar-refractivity contribution < 1.29 is 9.53 Å². The highest BCUT2D eigenvalue weighted by molar-refractivity contribution is 5.90. The molecule has 1 aliphatic heterocycles. The van der Waals surface area contributed by atoms with Crippen molar-refractivity contribution in [3.05, 3.63) is 83.4 Å². The fourth-order valence-electron chi connectivity index (χ4n) is 4.45. The van der Waals surface area contributed by atoms with Gasteiger partial charge in [0.25, 0.3) is 0 Å². The summed E-state index contributed by atoms with van der Waals surface area (Å²) in [5, 5.41) is 15.5. The molecule has 0 saturated carbocycles. The van der Waals surface area contributed by atoms with E-state index in [9.17, 15) is 4.79 Å². The van der Waals surface area contributed by atoms with E-state index in [0.29, 0.717) is 30.9 Å². The van der Waals surface area contributed by atoms with Gasteiger partial charge in [-0.15, -0.1) is 0 Å². The average Bonchev–Trinajstić information content (AvgIpc) is 2.88. The zero-order chi connectivity index (χ0) is 23.8. The number of anilines is 1. The third-order valence-electron chi connectivity index (χ3n) is 6.34. The molecule has 4 rings (SSSR count). The van der Waals surface area contributed by atoms with Crippen LogP contribution in [0.3, 0.4) is 0 Å². The minimum absolute atomic E-state index is 0.0106. The Bertz CT molecular complexity index is 1160. The number of carbonyl (C=O) groups excluding carboxylic acids is 1. The number of benzene rings is 3. The Hall–Kier alpha value is -3.62. The molecule has 0 radical (unpaired) electrons. The molecule has 1 aliphatic rings. The van der Waals surface area contributed by atoms with Gasteiger partial charge in [0, 0.05) is 12.1 Å². The second-order valence-corrected chi connectivity index (χ2v) is 8.81. The van der Waals surface area contributed by atoms with Gasteiger partial charge in [-0.2, -0.15) is 5.26 Å². The molecule has 0 aliphatic carbocycles. The van der Waals surface area contributed by atoms with Gasteiger partial charge in [-0.1, -0.05) is 30.3 Å². The molecule has 1 heterocycles. The largest absolute Gasteiger partial charge is 0.494 e. The summed E-state index contributed by atoms with van der Waals surface area (Å²) in [6.45, 7) is 4.73. The minimum Gasteiger partial charge on any atom is -0.494 e. The lowest BCUT2D eigenvalue weighted by Crippen LogP contribution is -2.27. The summed E-state index contributed by atoms with van der Waals surface area (Å²) >= 11 is 0. The Balaban J connectivity index is 1.23. The van der Waals surface area contributed by atoms with Gasteiger partial charge in [0.05, 0.1) is 18.2 Å². The Morgan fingerprint density at radius 2 is 1.85 bits per heavy atom. The molecular formula is C29H31N3O2. The first-order valence-electron chi connectivity index (χ1n) is 12.0. The highest BCUT2D eigenvalue weighted by atomic mass is 16.5. The summed E-state index contributed by atoms with van der Waals surface area (Å²) in [5.74, 6) is 1.34. The lowest BCUT2D eigenvalue weighted by atomic mass is 9.87. The average molecular weight is 454 g/mol. The van der Waals surface area contributed by atoms with Crippen LogP contribution >= 0.6 is 0 Å². The van der Waals surface area contributed by atoms with E-state index in [0.717, 1.165) is 48.5 Å². The second kappa shape index (κ2) is 11.5. The van der Waals surface area contributed by atoms with Crippen molar-refractivity contribution in [2.45, 2.75) is 38.5 Å². The number of ether oxygens (including phenoxy) is 1. The zero-order valence-electron chi connectivity index (χ0n) is 19.6. The van der Waals surface area contributed by atoms with Crippen molar-refractivity contribution in [1.82, 2.24) is 5.32 Å². The van der Waals surface area contributed by atoms with Crippen molar-refractivity contribution >= 4 is 11.6 Å². The van der Waals surface area contributed by atoms with Gasteiger partial charge < -0.3 is 15.4 Å². The lowest BCUT2D eigenvalue weighted by Gasteiger charge is -2.25. The van der Waals surface area contributed by atoms with Crippen molar-refractivity contribution in [3.63, 3.8) is 0 Å². The van der Waals surface area contributed by atoms with Crippen LogP contribution in [0.25, 0.3) is 11.1 Å². The predicted molar refractivity (Wildman–Crippen MR) is 136 cm³/mol. The molecule has 2 N–H and O–H groups in total. The number of nitrogens with one attached hydrogen (secondary N) is 2. The number of hydrogen-bond donors (Lipinski definition) is 2. The molecule has 0 aromatic heterocycles. The fourth-order valence-corrected chi connectivity index (χ4v) is 4.45. The second-order valence-electron chi connectivity index (χ2n) is 8.81. The molecule has 3 aromatic rings. The van der Waals surface area contributed by atoms with Crippen molar-refractivity contribution in [2.75, 3.05) is 25.0 Å². The number of nitriles is 1. The number of hydrogen-bond acceptors (Lipinski definition) is 4. The SMILES string of the molecule is Cc1ccc(NC(=O)CCCOc2ccc(-c3cccc(C#N)c3)cc2)cc1C1CCNCC1. The first-order valence-corrected chi connectivity index (χ1v) is 12.0. The first-order chi connectivity index (χ1) is 16.6. The van der Waals surface area contributed by atoms with Crippen LogP contribution in [-0.4, -0.2) is 25.6 Å². The van der Waals surface area contributed by atoms with E-state index in [1.54, 1.807) is 6.07 Å². The molecule has 3 aromatic carbocycles. The molecule has 1 saturated heterocycles. The molecule has 0 spiro atoms. The molecule has 0 bridgehead atoms. The topological polar surface area (TPSA) is 74.1 Å². The van der Waals surface area contributed by atoms with E-state index in [2.05, 4.69) is 35.8 Å². The van der Waals surface area contributed by atoms with Crippen LogP contribution in [-0.2, 0) is 4.79 Å². The van der Waals surface area contributed by atoms with E-state index in [4.69, 9.17) is 10.00 Å². The van der Waals surface area contributed by atoms with Crippen LogP contribution in [0.4, 0.5) is 5.69 Å². The lowest BCUT2D eigenvalue weighted by molar-refractivity contribution is -0.116. The molecule has 1 amide bonds. The van der Waals surface area contributed by atoms with Crippen molar-refractivity contribution in [3.8, 4) is 22.9 Å². The number of rotatable bonds is 8. The molecule has 0 unspecified atom stereocenters. The predicted octanol–water partition coefficient (Wildman–Crippen LogP) is 5.80. The third-order valence-corrected chi connectivity index (χ3v) is 6.34. The van der Waals surface area contributed by atoms with Crippen LogP contribution in [0.15, 0.2) is 66.7 Å². The highest BCUT2D eigenvalue weighted by Gasteiger charge is 2.17. The summed E-state index contributed by atoms with van der Waals surface area (Å²) < 4.78 is 5.82. The number of carbonyl (C=O) groups is 1.